The van der Waals surface area contributed by atoms with Crippen molar-refractivity contribution in [3.63, 3.8) is 0 Å². The maximum atomic E-state index is 12.7. The lowest BCUT2D eigenvalue weighted by atomic mass is 10.0. The Morgan fingerprint density at radius 2 is 1.02 bits per heavy atom. The Kier molecular flexibility index (Phi) is 39.2. The van der Waals surface area contributed by atoms with Gasteiger partial charge in [0.1, 0.15) is 19.3 Å². The minimum absolute atomic E-state index is 0.0150. The van der Waals surface area contributed by atoms with E-state index in [1.165, 1.54) is 77.0 Å². The minimum atomic E-state index is -4.54. The molecule has 57 heavy (non-hydrogen) atoms. The third-order valence-electron chi connectivity index (χ3n) is 9.27. The highest BCUT2D eigenvalue weighted by Gasteiger charge is 2.20. The molecule has 2 unspecified atom stereocenters. The van der Waals surface area contributed by atoms with E-state index in [1.54, 1.807) is 0 Å². The number of quaternary nitrogens is 1. The van der Waals surface area contributed by atoms with Gasteiger partial charge in [0.05, 0.1) is 34.4 Å². The molecule has 0 saturated heterocycles. The van der Waals surface area contributed by atoms with Crippen LogP contribution < -0.4 is 4.89 Å². The second kappa shape index (κ2) is 40.7. The van der Waals surface area contributed by atoms with Crippen LogP contribution in [0.2, 0.25) is 0 Å². The average molecular weight is 820 g/mol. The number of hydrogen-bond acceptors (Lipinski definition) is 7. The Hall–Kier alpha value is -2.06. The lowest BCUT2D eigenvalue weighted by Crippen LogP contribution is -2.37. The summed E-state index contributed by atoms with van der Waals surface area (Å²) in [6.45, 7) is 5.23. The molecule has 0 aliphatic rings. The van der Waals surface area contributed by atoms with Gasteiger partial charge in [-0.15, -0.1) is 0 Å². The smallest absolute Gasteiger partial charge is 0.306 e. The summed E-state index contributed by atoms with van der Waals surface area (Å²) in [7, 11) is 1.32. The van der Waals surface area contributed by atoms with Crippen LogP contribution >= 0.6 is 7.82 Å². The molecule has 0 N–H and O–H groups in total. The van der Waals surface area contributed by atoms with Crippen molar-refractivity contribution in [2.45, 2.75) is 174 Å². The van der Waals surface area contributed by atoms with E-state index in [9.17, 15) is 14.3 Å². The number of phosphoric acid groups is 1. The molecule has 0 aromatic rings. The molecule has 9 heteroatoms. The first kappa shape index (κ1) is 54.9. The highest BCUT2D eigenvalue weighted by molar-refractivity contribution is 7.45. The van der Waals surface area contributed by atoms with Crippen LogP contribution in [-0.2, 0) is 27.9 Å². The van der Waals surface area contributed by atoms with Crippen molar-refractivity contribution in [2.24, 2.45) is 0 Å². The van der Waals surface area contributed by atoms with Crippen LogP contribution in [0, 0.1) is 0 Å². The summed E-state index contributed by atoms with van der Waals surface area (Å²) in [5.74, 6) is -0.377. The number of unbranched alkanes of at least 4 members (excludes halogenated alkanes) is 15. The molecule has 330 valence electrons. The van der Waals surface area contributed by atoms with Gasteiger partial charge in [-0.2, -0.15) is 0 Å². The molecule has 0 aromatic carbocycles. The van der Waals surface area contributed by atoms with E-state index in [1.807, 2.05) is 21.1 Å². The van der Waals surface area contributed by atoms with E-state index in [-0.39, 0.29) is 32.2 Å². The van der Waals surface area contributed by atoms with E-state index in [4.69, 9.17) is 18.5 Å². The van der Waals surface area contributed by atoms with E-state index in [0.29, 0.717) is 24.1 Å². The van der Waals surface area contributed by atoms with Gasteiger partial charge in [-0.1, -0.05) is 170 Å². The summed E-state index contributed by atoms with van der Waals surface area (Å²) < 4.78 is 34.6. The number of carbonyl (C=O) groups is 1. The van der Waals surface area contributed by atoms with Gasteiger partial charge in [0.15, 0.2) is 0 Å². The third kappa shape index (κ3) is 44.9. The van der Waals surface area contributed by atoms with Crippen molar-refractivity contribution in [3.05, 3.63) is 72.9 Å². The fourth-order valence-electron chi connectivity index (χ4n) is 5.78. The van der Waals surface area contributed by atoms with Gasteiger partial charge in [-0.25, -0.2) is 0 Å². The molecule has 0 bridgehead atoms. The van der Waals surface area contributed by atoms with Crippen LogP contribution in [0.3, 0.4) is 0 Å². The van der Waals surface area contributed by atoms with Crippen LogP contribution in [0.5, 0.6) is 0 Å². The van der Waals surface area contributed by atoms with Gasteiger partial charge in [0.2, 0.25) is 0 Å². The van der Waals surface area contributed by atoms with E-state index in [2.05, 4.69) is 86.8 Å². The van der Waals surface area contributed by atoms with Crippen molar-refractivity contribution in [1.29, 1.82) is 0 Å². The highest BCUT2D eigenvalue weighted by Crippen LogP contribution is 2.38. The molecule has 0 saturated carbocycles. The molecule has 0 heterocycles. The lowest BCUT2D eigenvalue weighted by Gasteiger charge is -2.28. The Balaban J connectivity index is 4.32. The standard InChI is InChI=1S/C48H86NO7P/c1-6-8-10-12-14-16-18-20-22-23-24-25-26-27-28-29-31-33-35-37-39-41-48(50)56-47(46-55-57(51,52)54-44-42-49(3,4)5)45-53-43-40-38-36-34-32-30-21-19-17-15-13-11-9-7-2/h8,10,14,16,20,22,24-25,27-28,31,33,47H,6-7,9,11-13,15,17-19,21,23,26,29-30,32,34-46H2,1-5H3/b10-8-,16-14-,22-20-,25-24-,28-27-,33-31-. The molecule has 0 aliphatic carbocycles. The summed E-state index contributed by atoms with van der Waals surface area (Å²) in [4.78, 5) is 25.1. The predicted molar refractivity (Wildman–Crippen MR) is 240 cm³/mol. The zero-order valence-electron chi connectivity index (χ0n) is 37.3. The minimum Gasteiger partial charge on any atom is -0.756 e. The fourth-order valence-corrected chi connectivity index (χ4v) is 6.51. The molecule has 0 fully saturated rings. The monoisotopic (exact) mass is 820 g/mol. The van der Waals surface area contributed by atoms with E-state index in [0.717, 1.165) is 64.2 Å². The van der Waals surface area contributed by atoms with Crippen LogP contribution in [0.15, 0.2) is 72.9 Å². The third-order valence-corrected chi connectivity index (χ3v) is 10.2. The second-order valence-electron chi connectivity index (χ2n) is 16.0. The number of allylic oxidation sites excluding steroid dienone is 12. The lowest BCUT2D eigenvalue weighted by molar-refractivity contribution is -0.870. The number of esters is 1. The largest absolute Gasteiger partial charge is 0.756 e. The Bertz CT molecular complexity index is 1140. The number of nitrogens with zero attached hydrogens (tertiary/aromatic N) is 1. The molecule has 0 rings (SSSR count). The first-order valence-corrected chi connectivity index (χ1v) is 24.1. The van der Waals surface area contributed by atoms with Gasteiger partial charge in [0, 0.05) is 13.0 Å². The Labute approximate surface area is 351 Å². The molecule has 0 aromatic heterocycles. The van der Waals surface area contributed by atoms with Gasteiger partial charge < -0.3 is 27.9 Å². The van der Waals surface area contributed by atoms with Crippen molar-refractivity contribution < 1.29 is 37.3 Å². The number of ether oxygens (including phenoxy) is 2. The SMILES string of the molecule is CC/C=C\C/C=C\C/C=C\C/C=C\C/C=C\C/C=C\CCCCC(=O)OC(COCCCCCCCCCCCCCCCC)COP(=O)([O-])OCC[N+](C)(C)C. The summed E-state index contributed by atoms with van der Waals surface area (Å²) >= 11 is 0. The first-order chi connectivity index (χ1) is 27.6. The topological polar surface area (TPSA) is 94.1 Å². The Morgan fingerprint density at radius 1 is 0.561 bits per heavy atom. The zero-order chi connectivity index (χ0) is 42.0. The van der Waals surface area contributed by atoms with E-state index < -0.39 is 13.9 Å². The second-order valence-corrected chi connectivity index (χ2v) is 17.4. The normalized spacial score (nSPS) is 14.4. The van der Waals surface area contributed by atoms with Crippen LogP contribution in [0.4, 0.5) is 0 Å². The highest BCUT2D eigenvalue weighted by atomic mass is 31.2. The molecule has 0 aliphatic heterocycles. The van der Waals surface area contributed by atoms with Crippen molar-refractivity contribution in [2.75, 3.05) is 54.1 Å². The van der Waals surface area contributed by atoms with Crippen LogP contribution in [-0.4, -0.2) is 70.7 Å². The fraction of sp³-hybridized carbons (Fsp3) is 0.729. The molecule has 0 radical (unpaired) electrons. The molecule has 0 spiro atoms. The number of phosphoric ester groups is 1. The maximum absolute atomic E-state index is 12.7. The Morgan fingerprint density at radius 3 is 1.49 bits per heavy atom. The quantitative estimate of drug-likeness (QED) is 0.0199. The van der Waals surface area contributed by atoms with Crippen LogP contribution in [0.25, 0.3) is 0 Å². The number of hydrogen-bond donors (Lipinski definition) is 0. The van der Waals surface area contributed by atoms with Gasteiger partial charge in [0.25, 0.3) is 7.82 Å². The number of likely N-dealkylation sites (N-methyl/N-ethyl adjacent to an activating group) is 1. The van der Waals surface area contributed by atoms with Gasteiger partial charge >= 0.3 is 5.97 Å². The molecule has 8 nitrogen and oxygen atoms in total. The summed E-state index contributed by atoms with van der Waals surface area (Å²) in [5, 5.41) is 0. The first-order valence-electron chi connectivity index (χ1n) is 22.7. The zero-order valence-corrected chi connectivity index (χ0v) is 38.2. The summed E-state index contributed by atoms with van der Waals surface area (Å²) in [6, 6.07) is 0. The van der Waals surface area contributed by atoms with Gasteiger partial charge in [-0.3, -0.25) is 9.36 Å². The molecule has 2 atom stereocenters. The number of rotatable bonds is 41. The molecular weight excluding hydrogens is 734 g/mol. The van der Waals surface area contributed by atoms with E-state index >= 15 is 0 Å². The molecule has 0 amide bonds. The predicted octanol–water partition coefficient (Wildman–Crippen LogP) is 12.9. The van der Waals surface area contributed by atoms with Crippen LogP contribution in [0.1, 0.15) is 168 Å². The van der Waals surface area contributed by atoms with Crippen molar-refractivity contribution in [1.82, 2.24) is 0 Å². The molecular formula is C48H86NO7P. The average Bonchev–Trinajstić information content (AvgIpc) is 3.16. The van der Waals surface area contributed by atoms with Crippen molar-refractivity contribution in [3.8, 4) is 0 Å². The van der Waals surface area contributed by atoms with Gasteiger partial charge in [-0.05, 0) is 64.2 Å². The van der Waals surface area contributed by atoms with Crippen molar-refractivity contribution >= 4 is 13.8 Å². The summed E-state index contributed by atoms with van der Waals surface area (Å²) in [5.41, 5.74) is 0. The summed E-state index contributed by atoms with van der Waals surface area (Å²) in [6.07, 6.45) is 52.0. The maximum Gasteiger partial charge on any atom is 0.306 e. The number of carbonyl (C=O) groups excluding carboxylic acids is 1.